The zero-order valence-corrected chi connectivity index (χ0v) is 7.91. The molecular formula is C10H19N. The van der Waals surface area contributed by atoms with Gasteiger partial charge in [-0.05, 0) is 49.6 Å². The van der Waals surface area contributed by atoms with E-state index in [1.165, 1.54) is 25.8 Å². The Morgan fingerprint density at radius 3 is 2.45 bits per heavy atom. The molecule has 1 nitrogen and oxygen atoms in total. The average Bonchev–Trinajstić information content (AvgIpc) is 2.78. The third-order valence-corrected chi connectivity index (χ3v) is 4.24. The van der Waals surface area contributed by atoms with Crippen LogP contribution in [0.3, 0.4) is 0 Å². The van der Waals surface area contributed by atoms with Gasteiger partial charge in [0.2, 0.25) is 0 Å². The van der Waals surface area contributed by atoms with Crippen LogP contribution >= 0.6 is 0 Å². The highest BCUT2D eigenvalue weighted by molar-refractivity contribution is 5.14. The fraction of sp³-hybridized carbons (Fsp3) is 1.00. The smallest absolute Gasteiger partial charge is 0.00179 e. The lowest BCUT2D eigenvalue weighted by molar-refractivity contribution is 0.304. The molecule has 64 valence electrons. The Hall–Kier alpha value is -0.0400. The predicted molar refractivity (Wildman–Crippen MR) is 47.5 cm³/mol. The molecule has 0 heterocycles. The molecule has 0 saturated heterocycles. The van der Waals surface area contributed by atoms with E-state index in [4.69, 9.17) is 0 Å². The minimum Gasteiger partial charge on any atom is -0.319 e. The molecule has 0 amide bonds. The number of hydrogen-bond donors (Lipinski definition) is 1. The topological polar surface area (TPSA) is 12.0 Å². The maximum Gasteiger partial charge on any atom is -0.00179 e. The molecule has 0 aromatic carbocycles. The molecule has 1 heteroatoms. The van der Waals surface area contributed by atoms with Gasteiger partial charge in [-0.15, -0.1) is 0 Å². The van der Waals surface area contributed by atoms with Crippen LogP contribution in [0.4, 0.5) is 0 Å². The Morgan fingerprint density at radius 2 is 2.00 bits per heavy atom. The first kappa shape index (κ1) is 7.60. The summed E-state index contributed by atoms with van der Waals surface area (Å²) in [5.41, 5.74) is 1.44. The molecule has 0 spiro atoms. The van der Waals surface area contributed by atoms with Gasteiger partial charge in [-0.2, -0.15) is 0 Å². The standard InChI is InChI=1S/C10H19N/c1-9(4-5-9)10(2)6-8(10)7-11-3/h8,11H,4-7H2,1-3H3. The second kappa shape index (κ2) is 2.01. The van der Waals surface area contributed by atoms with Gasteiger partial charge in [-0.25, -0.2) is 0 Å². The molecule has 1 N–H and O–H groups in total. The zero-order valence-electron chi connectivity index (χ0n) is 7.91. The fourth-order valence-electron chi connectivity index (χ4n) is 2.49. The number of nitrogens with one attached hydrogen (secondary N) is 1. The summed E-state index contributed by atoms with van der Waals surface area (Å²) >= 11 is 0. The molecule has 2 unspecified atom stereocenters. The van der Waals surface area contributed by atoms with Crippen molar-refractivity contribution in [3.8, 4) is 0 Å². The van der Waals surface area contributed by atoms with E-state index in [0.717, 1.165) is 11.3 Å². The Kier molecular flexibility index (Phi) is 1.39. The van der Waals surface area contributed by atoms with E-state index in [1.54, 1.807) is 0 Å². The summed E-state index contributed by atoms with van der Waals surface area (Å²) in [4.78, 5) is 0. The fourth-order valence-corrected chi connectivity index (χ4v) is 2.49. The molecule has 2 saturated carbocycles. The summed E-state index contributed by atoms with van der Waals surface area (Å²) in [6.07, 6.45) is 4.41. The van der Waals surface area contributed by atoms with E-state index in [9.17, 15) is 0 Å². The van der Waals surface area contributed by atoms with Gasteiger partial charge in [0.25, 0.3) is 0 Å². The molecule has 11 heavy (non-hydrogen) atoms. The number of rotatable bonds is 3. The van der Waals surface area contributed by atoms with Crippen molar-refractivity contribution in [2.75, 3.05) is 13.6 Å². The van der Waals surface area contributed by atoms with Crippen molar-refractivity contribution in [1.29, 1.82) is 0 Å². The molecule has 0 bridgehead atoms. The van der Waals surface area contributed by atoms with Crippen molar-refractivity contribution in [3.63, 3.8) is 0 Å². The maximum atomic E-state index is 3.28. The Balaban J connectivity index is 1.95. The van der Waals surface area contributed by atoms with E-state index in [1.807, 2.05) is 0 Å². The van der Waals surface area contributed by atoms with Crippen molar-refractivity contribution >= 4 is 0 Å². The van der Waals surface area contributed by atoms with E-state index < -0.39 is 0 Å². The van der Waals surface area contributed by atoms with E-state index in [2.05, 4.69) is 26.2 Å². The quantitative estimate of drug-likeness (QED) is 0.654. The molecule has 2 rings (SSSR count). The zero-order chi connectivity index (χ0) is 8.11. The third-order valence-electron chi connectivity index (χ3n) is 4.24. The lowest BCUT2D eigenvalue weighted by Gasteiger charge is -2.19. The molecular weight excluding hydrogens is 134 g/mol. The minimum atomic E-state index is 0.704. The van der Waals surface area contributed by atoms with Crippen LogP contribution in [0.25, 0.3) is 0 Å². The maximum absolute atomic E-state index is 3.28. The average molecular weight is 153 g/mol. The van der Waals surface area contributed by atoms with Crippen molar-refractivity contribution < 1.29 is 0 Å². The van der Waals surface area contributed by atoms with Gasteiger partial charge >= 0.3 is 0 Å². The van der Waals surface area contributed by atoms with Crippen LogP contribution < -0.4 is 5.32 Å². The van der Waals surface area contributed by atoms with Gasteiger partial charge in [-0.1, -0.05) is 13.8 Å². The Morgan fingerprint density at radius 1 is 1.36 bits per heavy atom. The van der Waals surface area contributed by atoms with E-state index in [-0.39, 0.29) is 0 Å². The van der Waals surface area contributed by atoms with Crippen molar-refractivity contribution in [2.24, 2.45) is 16.7 Å². The number of hydrogen-bond acceptors (Lipinski definition) is 1. The highest BCUT2D eigenvalue weighted by atomic mass is 14.9. The summed E-state index contributed by atoms with van der Waals surface area (Å²) in [5, 5.41) is 3.28. The van der Waals surface area contributed by atoms with Crippen molar-refractivity contribution in [3.05, 3.63) is 0 Å². The van der Waals surface area contributed by atoms with Gasteiger partial charge in [0, 0.05) is 0 Å². The second-order valence-corrected chi connectivity index (χ2v) is 4.94. The van der Waals surface area contributed by atoms with Crippen molar-refractivity contribution in [1.82, 2.24) is 5.32 Å². The summed E-state index contributed by atoms with van der Waals surface area (Å²) < 4.78 is 0. The first-order chi connectivity index (χ1) is 5.12. The van der Waals surface area contributed by atoms with Crippen LogP contribution in [0.5, 0.6) is 0 Å². The first-order valence-corrected chi connectivity index (χ1v) is 4.77. The third kappa shape index (κ3) is 0.936. The lowest BCUT2D eigenvalue weighted by atomic mass is 9.87. The van der Waals surface area contributed by atoms with Gasteiger partial charge in [0.05, 0.1) is 0 Å². The summed E-state index contributed by atoms with van der Waals surface area (Å²) in [7, 11) is 2.06. The van der Waals surface area contributed by atoms with Crippen LogP contribution in [-0.2, 0) is 0 Å². The summed E-state index contributed by atoms with van der Waals surface area (Å²) in [6.45, 7) is 6.16. The van der Waals surface area contributed by atoms with Crippen LogP contribution in [-0.4, -0.2) is 13.6 Å². The Labute approximate surface area is 69.6 Å². The SMILES string of the molecule is CNCC1CC1(C)C1(C)CC1. The van der Waals surface area contributed by atoms with Crippen LogP contribution in [0.1, 0.15) is 33.1 Å². The van der Waals surface area contributed by atoms with Crippen molar-refractivity contribution in [2.45, 2.75) is 33.1 Å². The normalized spacial score (nSPS) is 45.5. The van der Waals surface area contributed by atoms with Gasteiger partial charge in [0.15, 0.2) is 0 Å². The molecule has 0 aromatic heterocycles. The molecule has 2 aliphatic carbocycles. The van der Waals surface area contributed by atoms with Gasteiger partial charge in [-0.3, -0.25) is 0 Å². The molecule has 2 atom stereocenters. The monoisotopic (exact) mass is 153 g/mol. The summed E-state index contributed by atoms with van der Waals surface area (Å²) in [6, 6.07) is 0. The highest BCUT2D eigenvalue weighted by Crippen LogP contribution is 2.72. The largest absolute Gasteiger partial charge is 0.319 e. The van der Waals surface area contributed by atoms with E-state index >= 15 is 0 Å². The second-order valence-electron chi connectivity index (χ2n) is 4.94. The van der Waals surface area contributed by atoms with Crippen LogP contribution in [0.15, 0.2) is 0 Å². The molecule has 0 aromatic rings. The summed E-state index contributed by atoms with van der Waals surface area (Å²) in [5.74, 6) is 0.972. The Bertz CT molecular complexity index is 172. The lowest BCUT2D eigenvalue weighted by Crippen LogP contribution is -2.18. The predicted octanol–water partition coefficient (Wildman–Crippen LogP) is 2.03. The minimum absolute atomic E-state index is 0.704. The van der Waals surface area contributed by atoms with Crippen LogP contribution in [0.2, 0.25) is 0 Å². The van der Waals surface area contributed by atoms with Crippen LogP contribution in [0, 0.1) is 16.7 Å². The highest BCUT2D eigenvalue weighted by Gasteiger charge is 2.65. The van der Waals surface area contributed by atoms with Gasteiger partial charge < -0.3 is 5.32 Å². The molecule has 2 fully saturated rings. The molecule has 0 radical (unpaired) electrons. The van der Waals surface area contributed by atoms with E-state index in [0.29, 0.717) is 5.41 Å². The molecule has 2 aliphatic rings. The molecule has 0 aliphatic heterocycles. The first-order valence-electron chi connectivity index (χ1n) is 4.77. The van der Waals surface area contributed by atoms with Gasteiger partial charge in [0.1, 0.15) is 0 Å².